The van der Waals surface area contributed by atoms with Crippen LogP contribution in [0.2, 0.25) is 0 Å². The highest BCUT2D eigenvalue weighted by Crippen LogP contribution is 2.22. The standard InChI is InChI=1S/C13H13NO2/c1-2-3-8-14-12(15)9-10-6-4-5-7-11(10)13(14)16/h2,4-7,9,16H,1,3,8H2. The van der Waals surface area contributed by atoms with E-state index in [1.807, 2.05) is 18.2 Å². The fourth-order valence-corrected chi connectivity index (χ4v) is 1.72. The molecule has 1 heterocycles. The molecule has 0 unspecified atom stereocenters. The van der Waals surface area contributed by atoms with Crippen LogP contribution in [0.4, 0.5) is 0 Å². The van der Waals surface area contributed by atoms with E-state index in [0.29, 0.717) is 18.4 Å². The van der Waals surface area contributed by atoms with Crippen molar-refractivity contribution in [2.45, 2.75) is 13.0 Å². The van der Waals surface area contributed by atoms with Crippen LogP contribution >= 0.6 is 0 Å². The third-order valence-electron chi connectivity index (χ3n) is 2.56. The van der Waals surface area contributed by atoms with E-state index in [-0.39, 0.29) is 11.4 Å². The molecule has 2 rings (SSSR count). The Kier molecular flexibility index (Phi) is 2.77. The van der Waals surface area contributed by atoms with Gasteiger partial charge in [0, 0.05) is 18.0 Å². The molecule has 82 valence electrons. The van der Waals surface area contributed by atoms with Crippen LogP contribution in [-0.2, 0) is 6.54 Å². The first-order valence-corrected chi connectivity index (χ1v) is 5.16. The fraction of sp³-hybridized carbons (Fsp3) is 0.154. The molecule has 0 fully saturated rings. The van der Waals surface area contributed by atoms with E-state index in [0.717, 1.165) is 5.39 Å². The summed E-state index contributed by atoms with van der Waals surface area (Å²) in [5, 5.41) is 11.4. The van der Waals surface area contributed by atoms with Gasteiger partial charge in [-0.05, 0) is 17.9 Å². The van der Waals surface area contributed by atoms with Crippen LogP contribution in [0.1, 0.15) is 6.42 Å². The van der Waals surface area contributed by atoms with Crippen molar-refractivity contribution in [2.24, 2.45) is 0 Å². The summed E-state index contributed by atoms with van der Waals surface area (Å²) in [6, 6.07) is 8.83. The first-order valence-electron chi connectivity index (χ1n) is 5.16. The molecular weight excluding hydrogens is 202 g/mol. The van der Waals surface area contributed by atoms with Crippen molar-refractivity contribution < 1.29 is 5.11 Å². The maximum absolute atomic E-state index is 11.7. The van der Waals surface area contributed by atoms with Gasteiger partial charge in [-0.3, -0.25) is 9.36 Å². The average Bonchev–Trinajstić information content (AvgIpc) is 2.29. The van der Waals surface area contributed by atoms with Gasteiger partial charge < -0.3 is 5.11 Å². The van der Waals surface area contributed by atoms with Gasteiger partial charge in [0.2, 0.25) is 5.88 Å². The Balaban J connectivity index is 2.65. The Labute approximate surface area is 93.3 Å². The van der Waals surface area contributed by atoms with Gasteiger partial charge >= 0.3 is 0 Å². The van der Waals surface area contributed by atoms with Crippen molar-refractivity contribution in [3.05, 3.63) is 53.3 Å². The first kappa shape index (κ1) is 10.5. The van der Waals surface area contributed by atoms with Gasteiger partial charge in [0.15, 0.2) is 0 Å². The quantitative estimate of drug-likeness (QED) is 0.798. The Hall–Kier alpha value is -2.03. The lowest BCUT2D eigenvalue weighted by Gasteiger charge is -2.09. The highest BCUT2D eigenvalue weighted by atomic mass is 16.3. The molecule has 0 saturated heterocycles. The van der Waals surface area contributed by atoms with Crippen molar-refractivity contribution in [1.82, 2.24) is 4.57 Å². The van der Waals surface area contributed by atoms with Crippen LogP contribution in [0.3, 0.4) is 0 Å². The molecule has 16 heavy (non-hydrogen) atoms. The Morgan fingerprint density at radius 1 is 1.38 bits per heavy atom. The van der Waals surface area contributed by atoms with Crippen molar-refractivity contribution in [2.75, 3.05) is 0 Å². The normalized spacial score (nSPS) is 10.5. The molecule has 0 saturated carbocycles. The summed E-state index contributed by atoms with van der Waals surface area (Å²) in [5.41, 5.74) is -0.182. The molecule has 0 atom stereocenters. The second-order valence-corrected chi connectivity index (χ2v) is 3.62. The summed E-state index contributed by atoms with van der Waals surface area (Å²) in [6.45, 7) is 4.06. The summed E-state index contributed by atoms with van der Waals surface area (Å²) < 4.78 is 1.37. The van der Waals surface area contributed by atoms with Crippen molar-refractivity contribution in [1.29, 1.82) is 0 Å². The van der Waals surface area contributed by atoms with Crippen molar-refractivity contribution in [3.8, 4) is 5.88 Å². The number of hydrogen-bond acceptors (Lipinski definition) is 2. The summed E-state index contributed by atoms with van der Waals surface area (Å²) >= 11 is 0. The summed E-state index contributed by atoms with van der Waals surface area (Å²) in [6.07, 6.45) is 2.38. The van der Waals surface area contributed by atoms with E-state index in [1.54, 1.807) is 12.1 Å². The SMILES string of the molecule is C=CCCn1c(O)c2ccccc2cc1=O. The number of benzene rings is 1. The van der Waals surface area contributed by atoms with Gasteiger partial charge in [-0.15, -0.1) is 6.58 Å². The molecule has 0 radical (unpaired) electrons. The minimum atomic E-state index is -0.182. The molecular formula is C13H13NO2. The number of hydrogen-bond donors (Lipinski definition) is 1. The van der Waals surface area contributed by atoms with E-state index >= 15 is 0 Å². The molecule has 0 spiro atoms. The predicted molar refractivity (Wildman–Crippen MR) is 64.7 cm³/mol. The van der Waals surface area contributed by atoms with Crippen LogP contribution in [-0.4, -0.2) is 9.67 Å². The first-order chi connectivity index (χ1) is 7.74. The number of nitrogens with zero attached hydrogens (tertiary/aromatic N) is 1. The van der Waals surface area contributed by atoms with Gasteiger partial charge in [-0.1, -0.05) is 24.3 Å². The summed E-state index contributed by atoms with van der Waals surface area (Å²) in [5.74, 6) is 0.0324. The van der Waals surface area contributed by atoms with Gasteiger partial charge in [-0.2, -0.15) is 0 Å². The number of pyridine rings is 1. The molecule has 0 amide bonds. The molecule has 1 aromatic carbocycles. The van der Waals surface area contributed by atoms with Crippen LogP contribution in [0.5, 0.6) is 5.88 Å². The number of aromatic nitrogens is 1. The molecule has 0 aliphatic rings. The van der Waals surface area contributed by atoms with E-state index in [2.05, 4.69) is 6.58 Å². The van der Waals surface area contributed by atoms with Crippen molar-refractivity contribution in [3.63, 3.8) is 0 Å². The zero-order chi connectivity index (χ0) is 11.5. The largest absolute Gasteiger partial charge is 0.494 e. The minimum absolute atomic E-state index is 0.0324. The smallest absolute Gasteiger partial charge is 0.253 e. The molecule has 0 aliphatic carbocycles. The van der Waals surface area contributed by atoms with Gasteiger partial charge in [0.25, 0.3) is 5.56 Å². The lowest BCUT2D eigenvalue weighted by molar-refractivity contribution is 0.414. The Morgan fingerprint density at radius 2 is 2.12 bits per heavy atom. The third kappa shape index (κ3) is 1.72. The number of fused-ring (bicyclic) bond motifs is 1. The molecule has 1 N–H and O–H groups in total. The summed E-state index contributed by atoms with van der Waals surface area (Å²) in [7, 11) is 0. The molecule has 3 nitrogen and oxygen atoms in total. The van der Waals surface area contributed by atoms with E-state index in [4.69, 9.17) is 0 Å². The fourth-order valence-electron chi connectivity index (χ4n) is 1.72. The topological polar surface area (TPSA) is 42.2 Å². The van der Waals surface area contributed by atoms with E-state index in [1.165, 1.54) is 10.6 Å². The lowest BCUT2D eigenvalue weighted by atomic mass is 10.1. The predicted octanol–water partition coefficient (Wildman–Crippen LogP) is 2.28. The highest BCUT2D eigenvalue weighted by molar-refractivity contribution is 5.86. The van der Waals surface area contributed by atoms with Crippen LogP contribution < -0.4 is 5.56 Å². The average molecular weight is 215 g/mol. The van der Waals surface area contributed by atoms with Crippen LogP contribution in [0.15, 0.2) is 47.8 Å². The zero-order valence-electron chi connectivity index (χ0n) is 8.89. The van der Waals surface area contributed by atoms with Crippen molar-refractivity contribution >= 4 is 10.8 Å². The van der Waals surface area contributed by atoms with Gasteiger partial charge in [-0.25, -0.2) is 0 Å². The second-order valence-electron chi connectivity index (χ2n) is 3.62. The van der Waals surface area contributed by atoms with Gasteiger partial charge in [0.05, 0.1) is 0 Å². The monoisotopic (exact) mass is 215 g/mol. The molecule has 0 bridgehead atoms. The van der Waals surface area contributed by atoms with E-state index < -0.39 is 0 Å². The lowest BCUT2D eigenvalue weighted by Crippen LogP contribution is -2.18. The third-order valence-corrected chi connectivity index (χ3v) is 2.56. The van der Waals surface area contributed by atoms with Gasteiger partial charge in [0.1, 0.15) is 0 Å². The number of rotatable bonds is 3. The number of aromatic hydroxyl groups is 1. The summed E-state index contributed by atoms with van der Waals surface area (Å²) in [4.78, 5) is 11.7. The highest BCUT2D eigenvalue weighted by Gasteiger charge is 2.07. The molecule has 1 aromatic heterocycles. The Morgan fingerprint density at radius 3 is 2.88 bits per heavy atom. The molecule has 3 heteroatoms. The van der Waals surface area contributed by atoms with Crippen LogP contribution in [0, 0.1) is 0 Å². The van der Waals surface area contributed by atoms with E-state index in [9.17, 15) is 9.90 Å². The molecule has 2 aromatic rings. The second kappa shape index (κ2) is 4.23. The molecule has 0 aliphatic heterocycles. The Bertz CT molecular complexity index is 584. The minimum Gasteiger partial charge on any atom is -0.494 e. The zero-order valence-corrected chi connectivity index (χ0v) is 8.89. The van der Waals surface area contributed by atoms with Crippen LogP contribution in [0.25, 0.3) is 10.8 Å². The number of allylic oxidation sites excluding steroid dienone is 1. The maximum Gasteiger partial charge on any atom is 0.253 e. The maximum atomic E-state index is 11.7.